The van der Waals surface area contributed by atoms with Gasteiger partial charge in [0.25, 0.3) is 0 Å². The van der Waals surface area contributed by atoms with Gasteiger partial charge in [0.15, 0.2) is 0 Å². The molecule has 0 radical (unpaired) electrons. The molecule has 0 saturated carbocycles. The molecule has 0 amide bonds. The second-order valence-corrected chi connectivity index (χ2v) is 4.29. The standard InChI is InChI=1S/C13H19N3O/c1-3-5-14-13(7-11-4-6-17-10-11)12-8-15-16(2)9-12/h4,6,8-10,13-14H,3,5,7H2,1-2H3. The Labute approximate surface area is 102 Å². The molecule has 17 heavy (non-hydrogen) atoms. The Balaban J connectivity index is 2.07. The molecule has 1 N–H and O–H groups in total. The first-order valence-corrected chi connectivity index (χ1v) is 6.02. The van der Waals surface area contributed by atoms with Crippen LogP contribution in [0.25, 0.3) is 0 Å². The van der Waals surface area contributed by atoms with Gasteiger partial charge < -0.3 is 9.73 Å². The molecule has 2 heterocycles. The highest BCUT2D eigenvalue weighted by atomic mass is 16.3. The first kappa shape index (κ1) is 11.9. The van der Waals surface area contributed by atoms with E-state index in [1.165, 1.54) is 11.1 Å². The van der Waals surface area contributed by atoms with Crippen LogP contribution in [-0.4, -0.2) is 16.3 Å². The van der Waals surface area contributed by atoms with Gasteiger partial charge >= 0.3 is 0 Å². The molecule has 1 unspecified atom stereocenters. The van der Waals surface area contributed by atoms with E-state index in [0.29, 0.717) is 6.04 Å². The first-order chi connectivity index (χ1) is 8.29. The minimum atomic E-state index is 0.307. The minimum Gasteiger partial charge on any atom is -0.472 e. The SMILES string of the molecule is CCCNC(Cc1ccoc1)c1cnn(C)c1. The fourth-order valence-electron chi connectivity index (χ4n) is 1.89. The van der Waals surface area contributed by atoms with Crippen LogP contribution >= 0.6 is 0 Å². The molecular formula is C13H19N3O. The van der Waals surface area contributed by atoms with Crippen LogP contribution in [0.15, 0.2) is 35.4 Å². The monoisotopic (exact) mass is 233 g/mol. The van der Waals surface area contributed by atoms with Gasteiger partial charge in [0, 0.05) is 24.8 Å². The summed E-state index contributed by atoms with van der Waals surface area (Å²) in [7, 11) is 1.94. The van der Waals surface area contributed by atoms with E-state index in [1.807, 2.05) is 24.0 Å². The van der Waals surface area contributed by atoms with Crippen LogP contribution in [0, 0.1) is 0 Å². The molecule has 0 aromatic carbocycles. The molecule has 92 valence electrons. The molecule has 1 atom stereocenters. The van der Waals surface area contributed by atoms with E-state index in [9.17, 15) is 0 Å². The average Bonchev–Trinajstić information content (AvgIpc) is 2.95. The third kappa shape index (κ3) is 3.20. The van der Waals surface area contributed by atoms with Crippen molar-refractivity contribution < 1.29 is 4.42 Å². The maximum atomic E-state index is 5.11. The smallest absolute Gasteiger partial charge is 0.0935 e. The molecule has 0 fully saturated rings. The number of hydrogen-bond donors (Lipinski definition) is 1. The van der Waals surface area contributed by atoms with Gasteiger partial charge in [-0.15, -0.1) is 0 Å². The molecule has 2 rings (SSSR count). The normalized spacial score (nSPS) is 12.8. The fraction of sp³-hybridized carbons (Fsp3) is 0.462. The van der Waals surface area contributed by atoms with Gasteiger partial charge in [-0.25, -0.2) is 0 Å². The van der Waals surface area contributed by atoms with Crippen LogP contribution in [-0.2, 0) is 13.5 Å². The van der Waals surface area contributed by atoms with Crippen molar-refractivity contribution in [3.05, 3.63) is 42.1 Å². The molecule has 4 nitrogen and oxygen atoms in total. The number of hydrogen-bond acceptors (Lipinski definition) is 3. The number of nitrogens with one attached hydrogen (secondary N) is 1. The zero-order valence-electron chi connectivity index (χ0n) is 10.4. The van der Waals surface area contributed by atoms with Crippen LogP contribution < -0.4 is 5.32 Å². The zero-order chi connectivity index (χ0) is 12.1. The summed E-state index contributed by atoms with van der Waals surface area (Å²) in [5.74, 6) is 0. The highest BCUT2D eigenvalue weighted by Gasteiger charge is 2.13. The Bertz CT molecular complexity index is 433. The lowest BCUT2D eigenvalue weighted by molar-refractivity contribution is 0.520. The maximum absolute atomic E-state index is 5.11. The Morgan fingerprint density at radius 2 is 2.41 bits per heavy atom. The van der Waals surface area contributed by atoms with E-state index in [4.69, 9.17) is 4.42 Å². The van der Waals surface area contributed by atoms with Gasteiger partial charge in [-0.05, 0) is 31.0 Å². The summed E-state index contributed by atoms with van der Waals surface area (Å²) in [6.07, 6.45) is 9.57. The van der Waals surface area contributed by atoms with Crippen molar-refractivity contribution in [1.82, 2.24) is 15.1 Å². The highest BCUT2D eigenvalue weighted by molar-refractivity contribution is 5.16. The summed E-state index contributed by atoms with van der Waals surface area (Å²) in [5, 5.41) is 7.77. The first-order valence-electron chi connectivity index (χ1n) is 6.02. The largest absolute Gasteiger partial charge is 0.472 e. The quantitative estimate of drug-likeness (QED) is 0.832. The molecule has 0 aliphatic rings. The van der Waals surface area contributed by atoms with Crippen LogP contribution in [0.4, 0.5) is 0 Å². The van der Waals surface area contributed by atoms with E-state index < -0.39 is 0 Å². The second-order valence-electron chi connectivity index (χ2n) is 4.29. The maximum Gasteiger partial charge on any atom is 0.0935 e. The highest BCUT2D eigenvalue weighted by Crippen LogP contribution is 2.18. The van der Waals surface area contributed by atoms with Gasteiger partial charge in [0.05, 0.1) is 18.7 Å². The molecule has 0 spiro atoms. The van der Waals surface area contributed by atoms with Gasteiger partial charge in [-0.3, -0.25) is 4.68 Å². The van der Waals surface area contributed by atoms with Crippen LogP contribution in [0.1, 0.15) is 30.5 Å². The van der Waals surface area contributed by atoms with Crippen molar-refractivity contribution in [3.8, 4) is 0 Å². The Hall–Kier alpha value is -1.55. The molecule has 0 aliphatic carbocycles. The topological polar surface area (TPSA) is 43.0 Å². The van der Waals surface area contributed by atoms with Crippen molar-refractivity contribution in [2.45, 2.75) is 25.8 Å². The van der Waals surface area contributed by atoms with Crippen LogP contribution in [0.5, 0.6) is 0 Å². The molecule has 0 bridgehead atoms. The van der Waals surface area contributed by atoms with Crippen molar-refractivity contribution in [2.75, 3.05) is 6.54 Å². The van der Waals surface area contributed by atoms with Gasteiger partial charge in [0.1, 0.15) is 0 Å². The molecular weight excluding hydrogens is 214 g/mol. The summed E-state index contributed by atoms with van der Waals surface area (Å²) < 4.78 is 6.95. The van der Waals surface area contributed by atoms with Gasteiger partial charge in [-0.2, -0.15) is 5.10 Å². The van der Waals surface area contributed by atoms with Crippen molar-refractivity contribution in [2.24, 2.45) is 7.05 Å². The van der Waals surface area contributed by atoms with E-state index in [1.54, 1.807) is 12.5 Å². The summed E-state index contributed by atoms with van der Waals surface area (Å²) in [6, 6.07) is 2.32. The lowest BCUT2D eigenvalue weighted by Crippen LogP contribution is -2.23. The second kappa shape index (κ2) is 5.68. The van der Waals surface area contributed by atoms with Crippen molar-refractivity contribution in [3.63, 3.8) is 0 Å². The van der Waals surface area contributed by atoms with E-state index >= 15 is 0 Å². The fourth-order valence-corrected chi connectivity index (χ4v) is 1.89. The van der Waals surface area contributed by atoms with Crippen molar-refractivity contribution >= 4 is 0 Å². The van der Waals surface area contributed by atoms with E-state index in [-0.39, 0.29) is 0 Å². The number of aromatic nitrogens is 2. The predicted molar refractivity (Wildman–Crippen MR) is 66.7 cm³/mol. The average molecular weight is 233 g/mol. The molecule has 2 aromatic heterocycles. The zero-order valence-corrected chi connectivity index (χ0v) is 10.4. The summed E-state index contributed by atoms with van der Waals surface area (Å²) in [4.78, 5) is 0. The summed E-state index contributed by atoms with van der Waals surface area (Å²) in [5.41, 5.74) is 2.43. The molecule has 4 heteroatoms. The number of furan rings is 1. The predicted octanol–water partition coefficient (Wildman–Crippen LogP) is 2.30. The summed E-state index contributed by atoms with van der Waals surface area (Å²) in [6.45, 7) is 3.18. The lowest BCUT2D eigenvalue weighted by Gasteiger charge is -2.16. The van der Waals surface area contributed by atoms with Gasteiger partial charge in [-0.1, -0.05) is 6.92 Å². The molecule has 0 saturated heterocycles. The minimum absolute atomic E-state index is 0.307. The van der Waals surface area contributed by atoms with E-state index in [0.717, 1.165) is 19.4 Å². The number of aryl methyl sites for hydroxylation is 1. The third-order valence-corrected chi connectivity index (χ3v) is 2.79. The third-order valence-electron chi connectivity index (χ3n) is 2.79. The number of nitrogens with zero attached hydrogens (tertiary/aromatic N) is 2. The summed E-state index contributed by atoms with van der Waals surface area (Å²) >= 11 is 0. The van der Waals surface area contributed by atoms with E-state index in [2.05, 4.69) is 23.5 Å². The Morgan fingerprint density at radius 3 is 3.00 bits per heavy atom. The lowest BCUT2D eigenvalue weighted by atomic mass is 10.0. The van der Waals surface area contributed by atoms with Crippen LogP contribution in [0.2, 0.25) is 0 Å². The number of rotatable bonds is 6. The van der Waals surface area contributed by atoms with Gasteiger partial charge in [0.2, 0.25) is 0 Å². The van der Waals surface area contributed by atoms with Crippen LogP contribution in [0.3, 0.4) is 0 Å². The van der Waals surface area contributed by atoms with Crippen molar-refractivity contribution in [1.29, 1.82) is 0 Å². The molecule has 2 aromatic rings. The Morgan fingerprint density at radius 1 is 1.53 bits per heavy atom. The molecule has 0 aliphatic heterocycles. The Kier molecular flexibility index (Phi) is 3.98.